The Balaban J connectivity index is 2.25. The molecule has 136 valence electrons. The van der Waals surface area contributed by atoms with Crippen LogP contribution in [0.1, 0.15) is 28.6 Å². The van der Waals surface area contributed by atoms with Crippen LogP contribution in [-0.2, 0) is 4.79 Å². The first-order chi connectivity index (χ1) is 11.7. The van der Waals surface area contributed by atoms with Gasteiger partial charge in [-0.25, -0.2) is 4.79 Å². The van der Waals surface area contributed by atoms with Crippen molar-refractivity contribution < 1.29 is 14.7 Å². The first-order valence-corrected chi connectivity index (χ1v) is 8.91. The van der Waals surface area contributed by atoms with Gasteiger partial charge in [0.25, 0.3) is 0 Å². The van der Waals surface area contributed by atoms with Crippen LogP contribution in [-0.4, -0.2) is 55.1 Å². The Morgan fingerprint density at radius 2 is 2.00 bits per heavy atom. The molecule has 0 fully saturated rings. The largest absolute Gasteiger partial charge is 0.477 e. The Bertz CT molecular complexity index is 800. The fourth-order valence-electron chi connectivity index (χ4n) is 2.57. The summed E-state index contributed by atoms with van der Waals surface area (Å²) in [5.41, 5.74) is 0.712. The van der Waals surface area contributed by atoms with E-state index in [-0.39, 0.29) is 5.91 Å². The normalized spacial score (nSPS) is 13.8. The van der Waals surface area contributed by atoms with Crippen molar-refractivity contribution in [2.75, 3.05) is 33.0 Å². The zero-order valence-corrected chi connectivity index (χ0v) is 16.1. The molecule has 1 aromatic carbocycles. The van der Waals surface area contributed by atoms with Crippen molar-refractivity contribution in [3.8, 4) is 0 Å². The van der Waals surface area contributed by atoms with Crippen LogP contribution in [0.3, 0.4) is 0 Å². The molecule has 1 heterocycles. The number of rotatable bonds is 7. The number of carbonyl (C=O) groups excluding carboxylic acids is 1. The molecule has 1 atom stereocenters. The van der Waals surface area contributed by atoms with E-state index in [1.165, 1.54) is 11.3 Å². The minimum Gasteiger partial charge on any atom is -0.477 e. The van der Waals surface area contributed by atoms with Crippen molar-refractivity contribution in [2.24, 2.45) is 0 Å². The van der Waals surface area contributed by atoms with E-state index in [9.17, 15) is 14.7 Å². The number of nitrogens with zero attached hydrogens (tertiary/aromatic N) is 1. The van der Waals surface area contributed by atoms with Crippen LogP contribution < -0.4 is 10.6 Å². The molecule has 0 bridgehead atoms. The lowest BCUT2D eigenvalue weighted by Gasteiger charge is -2.29. The lowest BCUT2D eigenvalue weighted by atomic mass is 9.96. The Hall–Kier alpha value is -1.96. The molecule has 3 N–H and O–H groups in total. The van der Waals surface area contributed by atoms with Crippen LogP contribution in [0, 0.1) is 6.92 Å². The SMILES string of the molecule is CNC(C)(CCN(C)C)C(=O)Nc1ccc2sc(C(=O)O)c(C)c2c1. The van der Waals surface area contributed by atoms with Gasteiger partial charge in [0.15, 0.2) is 0 Å². The summed E-state index contributed by atoms with van der Waals surface area (Å²) in [6.07, 6.45) is 0.672. The molecular formula is C18H25N3O3S. The molecule has 0 aliphatic carbocycles. The van der Waals surface area contributed by atoms with E-state index in [0.29, 0.717) is 17.0 Å². The second-order valence-electron chi connectivity index (χ2n) is 6.66. The summed E-state index contributed by atoms with van der Waals surface area (Å²) < 4.78 is 0.900. The van der Waals surface area contributed by atoms with Crippen LogP contribution in [0.5, 0.6) is 0 Å². The standard InChI is InChI=1S/C18H25N3O3S/c1-11-13-10-12(6-7-14(13)25-15(11)16(22)23)20-17(24)18(2,19-3)8-9-21(4)5/h6-7,10,19H,8-9H2,1-5H3,(H,20,24)(H,22,23). The monoisotopic (exact) mass is 363 g/mol. The van der Waals surface area contributed by atoms with Crippen molar-refractivity contribution in [3.05, 3.63) is 28.6 Å². The molecular weight excluding hydrogens is 338 g/mol. The predicted molar refractivity (Wildman–Crippen MR) is 103 cm³/mol. The number of aryl methyl sites for hydroxylation is 1. The summed E-state index contributed by atoms with van der Waals surface area (Å²) in [7, 11) is 5.73. The highest BCUT2D eigenvalue weighted by Crippen LogP contribution is 2.33. The number of anilines is 1. The number of hydrogen-bond acceptors (Lipinski definition) is 5. The van der Waals surface area contributed by atoms with E-state index in [0.717, 1.165) is 22.2 Å². The number of aromatic carboxylic acids is 1. The van der Waals surface area contributed by atoms with Crippen molar-refractivity contribution in [2.45, 2.75) is 25.8 Å². The first-order valence-electron chi connectivity index (χ1n) is 8.09. The summed E-state index contributed by atoms with van der Waals surface area (Å²) in [5, 5.41) is 16.2. The van der Waals surface area contributed by atoms with Gasteiger partial charge in [0.2, 0.25) is 5.91 Å². The molecule has 2 rings (SSSR count). The van der Waals surface area contributed by atoms with E-state index in [1.807, 2.05) is 44.1 Å². The molecule has 1 amide bonds. The average Bonchev–Trinajstić information content (AvgIpc) is 2.89. The lowest BCUT2D eigenvalue weighted by Crippen LogP contribution is -2.52. The maximum absolute atomic E-state index is 12.7. The third-order valence-corrected chi connectivity index (χ3v) is 5.76. The topological polar surface area (TPSA) is 81.7 Å². The van der Waals surface area contributed by atoms with Crippen LogP contribution in [0.15, 0.2) is 18.2 Å². The van der Waals surface area contributed by atoms with Crippen LogP contribution in [0.2, 0.25) is 0 Å². The van der Waals surface area contributed by atoms with Crippen molar-refractivity contribution >= 4 is 39.0 Å². The number of hydrogen-bond donors (Lipinski definition) is 3. The summed E-state index contributed by atoms with van der Waals surface area (Å²) >= 11 is 1.25. The second-order valence-corrected chi connectivity index (χ2v) is 7.71. The first kappa shape index (κ1) is 19.4. The zero-order valence-electron chi connectivity index (χ0n) is 15.3. The molecule has 6 nitrogen and oxygen atoms in total. The maximum Gasteiger partial charge on any atom is 0.346 e. The van der Waals surface area contributed by atoms with Gasteiger partial charge in [0, 0.05) is 10.4 Å². The Morgan fingerprint density at radius 1 is 1.32 bits per heavy atom. The molecule has 0 radical (unpaired) electrons. The quantitative estimate of drug-likeness (QED) is 0.705. The van der Waals surface area contributed by atoms with Crippen LogP contribution in [0.25, 0.3) is 10.1 Å². The number of carboxylic acids is 1. The highest BCUT2D eigenvalue weighted by molar-refractivity contribution is 7.21. The van der Waals surface area contributed by atoms with Gasteiger partial charge < -0.3 is 20.6 Å². The summed E-state index contributed by atoms with van der Waals surface area (Å²) in [4.78, 5) is 26.4. The highest BCUT2D eigenvalue weighted by atomic mass is 32.1. The number of likely N-dealkylation sites (N-methyl/N-ethyl adjacent to an activating group) is 1. The van der Waals surface area contributed by atoms with E-state index < -0.39 is 11.5 Å². The number of benzene rings is 1. The number of amides is 1. The number of carbonyl (C=O) groups is 2. The molecule has 2 aromatic rings. The van der Waals surface area contributed by atoms with Crippen molar-refractivity contribution in [1.82, 2.24) is 10.2 Å². The van der Waals surface area contributed by atoms with Gasteiger partial charge in [0.1, 0.15) is 4.88 Å². The fraction of sp³-hybridized carbons (Fsp3) is 0.444. The second kappa shape index (κ2) is 7.51. The summed E-state index contributed by atoms with van der Waals surface area (Å²) in [6.45, 7) is 4.46. The molecule has 0 spiro atoms. The van der Waals surface area contributed by atoms with Gasteiger partial charge in [-0.15, -0.1) is 11.3 Å². The summed E-state index contributed by atoms with van der Waals surface area (Å²) in [6, 6.07) is 5.50. The Kier molecular flexibility index (Phi) is 5.82. The van der Waals surface area contributed by atoms with Gasteiger partial charge >= 0.3 is 5.97 Å². The predicted octanol–water partition coefficient (Wildman–Crippen LogP) is 2.78. The van der Waals surface area contributed by atoms with Crippen LogP contribution in [0.4, 0.5) is 5.69 Å². The Morgan fingerprint density at radius 3 is 2.56 bits per heavy atom. The molecule has 1 aromatic heterocycles. The minimum absolute atomic E-state index is 0.109. The van der Waals surface area contributed by atoms with Gasteiger partial charge in [-0.2, -0.15) is 0 Å². The minimum atomic E-state index is -0.921. The van der Waals surface area contributed by atoms with Crippen molar-refractivity contribution in [1.29, 1.82) is 0 Å². The third kappa shape index (κ3) is 4.18. The fourth-order valence-corrected chi connectivity index (χ4v) is 3.60. The third-order valence-electron chi connectivity index (χ3n) is 4.50. The van der Waals surface area contributed by atoms with Gasteiger partial charge in [0.05, 0.1) is 5.54 Å². The van der Waals surface area contributed by atoms with E-state index in [4.69, 9.17) is 0 Å². The van der Waals surface area contributed by atoms with Crippen LogP contribution >= 0.6 is 11.3 Å². The number of nitrogens with one attached hydrogen (secondary N) is 2. The van der Waals surface area contributed by atoms with E-state index in [2.05, 4.69) is 10.6 Å². The maximum atomic E-state index is 12.7. The molecule has 0 saturated carbocycles. The van der Waals surface area contributed by atoms with Gasteiger partial charge in [-0.05, 0) is 77.1 Å². The number of thiophene rings is 1. The molecule has 7 heteroatoms. The number of carboxylic acid groups (broad SMARTS) is 1. The molecule has 0 aliphatic heterocycles. The average molecular weight is 363 g/mol. The molecule has 25 heavy (non-hydrogen) atoms. The van der Waals surface area contributed by atoms with E-state index >= 15 is 0 Å². The van der Waals surface area contributed by atoms with Gasteiger partial charge in [-0.3, -0.25) is 4.79 Å². The number of fused-ring (bicyclic) bond motifs is 1. The molecule has 1 unspecified atom stereocenters. The Labute approximate surface area is 151 Å². The zero-order chi connectivity index (χ0) is 18.8. The smallest absolute Gasteiger partial charge is 0.346 e. The molecule has 0 aliphatic rings. The van der Waals surface area contributed by atoms with Gasteiger partial charge in [-0.1, -0.05) is 0 Å². The highest BCUT2D eigenvalue weighted by Gasteiger charge is 2.31. The van der Waals surface area contributed by atoms with Crippen molar-refractivity contribution in [3.63, 3.8) is 0 Å². The van der Waals surface area contributed by atoms with E-state index in [1.54, 1.807) is 14.0 Å². The lowest BCUT2D eigenvalue weighted by molar-refractivity contribution is -0.122. The summed E-state index contributed by atoms with van der Waals surface area (Å²) in [5.74, 6) is -1.03. The molecule has 0 saturated heterocycles.